The summed E-state index contributed by atoms with van der Waals surface area (Å²) >= 11 is 0. The number of hydrogen-bond donors (Lipinski definition) is 1. The molecule has 0 radical (unpaired) electrons. The van der Waals surface area contributed by atoms with Gasteiger partial charge >= 0.3 is 6.09 Å². The Kier molecular flexibility index (Phi) is 6.40. The van der Waals surface area contributed by atoms with Crippen LogP contribution in [0, 0.1) is 12.8 Å². The van der Waals surface area contributed by atoms with Gasteiger partial charge in [0.1, 0.15) is 6.61 Å². The van der Waals surface area contributed by atoms with Crippen molar-refractivity contribution in [2.75, 3.05) is 11.5 Å². The fraction of sp³-hybridized carbons (Fsp3) is 0.308. The summed E-state index contributed by atoms with van der Waals surface area (Å²) in [5, 5.41) is 2.99. The van der Waals surface area contributed by atoms with Gasteiger partial charge in [-0.1, -0.05) is 43.7 Å². The monoisotopic (exact) mass is 444 g/mol. The first-order chi connectivity index (χ1) is 15.8. The van der Waals surface area contributed by atoms with Crippen LogP contribution in [0.2, 0.25) is 0 Å². The third kappa shape index (κ3) is 4.87. The van der Waals surface area contributed by atoms with Gasteiger partial charge in [0.15, 0.2) is 0 Å². The van der Waals surface area contributed by atoms with E-state index in [4.69, 9.17) is 4.74 Å². The van der Waals surface area contributed by atoms with E-state index in [2.05, 4.69) is 29.1 Å². The summed E-state index contributed by atoms with van der Waals surface area (Å²) in [5.74, 6) is -0.0505. The Morgan fingerprint density at radius 1 is 1.09 bits per heavy atom. The fourth-order valence-electron chi connectivity index (χ4n) is 3.91. The second kappa shape index (κ2) is 9.40. The molecular formula is C26H28N4O3. The van der Waals surface area contributed by atoms with E-state index in [9.17, 15) is 9.59 Å². The van der Waals surface area contributed by atoms with Crippen LogP contribution in [0.25, 0.3) is 11.1 Å². The Labute approximate surface area is 193 Å². The summed E-state index contributed by atoms with van der Waals surface area (Å²) < 4.78 is 5.35. The molecule has 1 saturated heterocycles. The van der Waals surface area contributed by atoms with Crippen LogP contribution in [0.3, 0.4) is 0 Å². The third-order valence-electron chi connectivity index (χ3n) is 5.89. The topological polar surface area (TPSA) is 84.4 Å². The predicted molar refractivity (Wildman–Crippen MR) is 127 cm³/mol. The molecule has 0 saturated carbocycles. The summed E-state index contributed by atoms with van der Waals surface area (Å²) in [5.41, 5.74) is 4.74. The van der Waals surface area contributed by atoms with Gasteiger partial charge in [-0.2, -0.15) is 0 Å². The van der Waals surface area contributed by atoms with Gasteiger partial charge < -0.3 is 10.1 Å². The van der Waals surface area contributed by atoms with Crippen molar-refractivity contribution in [2.45, 2.75) is 39.8 Å². The van der Waals surface area contributed by atoms with Crippen molar-refractivity contribution in [3.8, 4) is 11.1 Å². The van der Waals surface area contributed by atoms with Gasteiger partial charge in [0, 0.05) is 23.6 Å². The van der Waals surface area contributed by atoms with E-state index in [0.717, 1.165) is 16.7 Å². The predicted octanol–water partition coefficient (Wildman–Crippen LogP) is 4.92. The number of anilines is 1. The van der Waals surface area contributed by atoms with Crippen LogP contribution in [0.1, 0.15) is 48.4 Å². The molecule has 1 aliphatic heterocycles. The first kappa shape index (κ1) is 22.5. The lowest BCUT2D eigenvalue weighted by Gasteiger charge is -2.25. The van der Waals surface area contributed by atoms with E-state index in [1.807, 2.05) is 50.2 Å². The van der Waals surface area contributed by atoms with E-state index >= 15 is 0 Å². The van der Waals surface area contributed by atoms with Gasteiger partial charge in [0.05, 0.1) is 24.0 Å². The molecule has 3 aromatic rings. The summed E-state index contributed by atoms with van der Waals surface area (Å²) in [6, 6.07) is 13.2. The molecule has 1 N–H and O–H groups in total. The van der Waals surface area contributed by atoms with Crippen molar-refractivity contribution in [1.82, 2.24) is 15.3 Å². The maximum Gasteiger partial charge on any atom is 0.414 e. The average molecular weight is 445 g/mol. The largest absolute Gasteiger partial charge is 0.447 e. The van der Waals surface area contributed by atoms with E-state index < -0.39 is 6.09 Å². The van der Waals surface area contributed by atoms with Crippen molar-refractivity contribution >= 4 is 17.7 Å². The average Bonchev–Trinajstić information content (AvgIpc) is 3.21. The van der Waals surface area contributed by atoms with Gasteiger partial charge in [-0.3, -0.25) is 19.7 Å². The molecule has 0 bridgehead atoms. The van der Waals surface area contributed by atoms with Crippen molar-refractivity contribution in [3.63, 3.8) is 0 Å². The van der Waals surface area contributed by atoms with E-state index in [-0.39, 0.29) is 23.9 Å². The quantitative estimate of drug-likeness (QED) is 0.583. The highest BCUT2D eigenvalue weighted by molar-refractivity contribution is 5.99. The van der Waals surface area contributed by atoms with Crippen LogP contribution >= 0.6 is 0 Å². The Morgan fingerprint density at radius 3 is 2.52 bits per heavy atom. The Balaban J connectivity index is 1.73. The van der Waals surface area contributed by atoms with Gasteiger partial charge in [-0.15, -0.1) is 0 Å². The van der Waals surface area contributed by atoms with E-state index in [0.29, 0.717) is 23.6 Å². The molecule has 2 unspecified atom stereocenters. The molecule has 170 valence electrons. The van der Waals surface area contributed by atoms with Crippen LogP contribution in [-0.2, 0) is 4.74 Å². The van der Waals surface area contributed by atoms with Crippen LogP contribution < -0.4 is 10.2 Å². The molecule has 33 heavy (non-hydrogen) atoms. The fourth-order valence-corrected chi connectivity index (χ4v) is 3.91. The Hall–Kier alpha value is -3.74. The van der Waals surface area contributed by atoms with Crippen molar-refractivity contribution in [1.29, 1.82) is 0 Å². The van der Waals surface area contributed by atoms with Gasteiger partial charge in [0.25, 0.3) is 5.91 Å². The Bertz CT molecular complexity index is 1150. The SMILES string of the molecule is Cc1ccc(-c2cc(C(=O)NC(C)c3cnccn3)cc(N3C(=O)OCC3C(C)C)c2)cc1. The molecule has 1 aromatic heterocycles. The summed E-state index contributed by atoms with van der Waals surface area (Å²) in [6.45, 7) is 8.33. The number of aromatic nitrogens is 2. The van der Waals surface area contributed by atoms with Crippen LogP contribution in [-0.4, -0.2) is 34.6 Å². The number of nitrogens with zero attached hydrogens (tertiary/aromatic N) is 3. The first-order valence-electron chi connectivity index (χ1n) is 11.1. The lowest BCUT2D eigenvalue weighted by Crippen LogP contribution is -2.37. The lowest BCUT2D eigenvalue weighted by atomic mass is 9.98. The number of hydrogen-bond acceptors (Lipinski definition) is 5. The molecule has 1 fully saturated rings. The second-order valence-electron chi connectivity index (χ2n) is 8.72. The zero-order valence-corrected chi connectivity index (χ0v) is 19.3. The van der Waals surface area contributed by atoms with Crippen LogP contribution in [0.4, 0.5) is 10.5 Å². The summed E-state index contributed by atoms with van der Waals surface area (Å²) in [4.78, 5) is 35.9. The molecule has 0 aliphatic carbocycles. The molecule has 7 nitrogen and oxygen atoms in total. The van der Waals surface area contributed by atoms with Crippen molar-refractivity contribution in [2.24, 2.45) is 5.92 Å². The van der Waals surface area contributed by atoms with Crippen LogP contribution in [0.15, 0.2) is 61.1 Å². The van der Waals surface area contributed by atoms with Gasteiger partial charge in [-0.25, -0.2) is 4.79 Å². The van der Waals surface area contributed by atoms with Gasteiger partial charge in [-0.05, 0) is 49.1 Å². The van der Waals surface area contributed by atoms with E-state index in [1.54, 1.807) is 29.6 Å². The molecule has 2 aromatic carbocycles. The molecule has 2 atom stereocenters. The number of benzene rings is 2. The number of carbonyl (C=O) groups excluding carboxylic acids is 2. The lowest BCUT2D eigenvalue weighted by molar-refractivity contribution is 0.0939. The molecular weight excluding hydrogens is 416 g/mol. The Morgan fingerprint density at radius 2 is 1.85 bits per heavy atom. The van der Waals surface area contributed by atoms with Gasteiger partial charge in [0.2, 0.25) is 0 Å². The molecule has 2 heterocycles. The number of amides is 2. The van der Waals surface area contributed by atoms with E-state index in [1.165, 1.54) is 0 Å². The number of aryl methyl sites for hydroxylation is 1. The molecule has 0 spiro atoms. The third-order valence-corrected chi connectivity index (χ3v) is 5.89. The maximum atomic E-state index is 13.2. The standard InChI is InChI=1S/C26H28N4O3/c1-16(2)24-15-33-26(32)30(24)22-12-20(19-7-5-17(3)6-8-19)11-21(13-22)25(31)29-18(4)23-14-27-9-10-28-23/h5-14,16,18,24H,15H2,1-4H3,(H,29,31). The normalized spacial score (nSPS) is 16.6. The second-order valence-corrected chi connectivity index (χ2v) is 8.72. The highest BCUT2D eigenvalue weighted by Gasteiger charge is 2.36. The molecule has 7 heteroatoms. The number of ether oxygens (including phenoxy) is 1. The minimum absolute atomic E-state index is 0.0970. The minimum Gasteiger partial charge on any atom is -0.447 e. The minimum atomic E-state index is -0.394. The molecule has 4 rings (SSSR count). The smallest absolute Gasteiger partial charge is 0.414 e. The first-order valence-corrected chi connectivity index (χ1v) is 11.1. The van der Waals surface area contributed by atoms with Crippen molar-refractivity contribution in [3.05, 3.63) is 77.9 Å². The number of nitrogens with one attached hydrogen (secondary N) is 1. The summed E-state index contributed by atoms with van der Waals surface area (Å²) in [6.07, 6.45) is 4.43. The summed E-state index contributed by atoms with van der Waals surface area (Å²) in [7, 11) is 0. The number of rotatable bonds is 6. The highest BCUT2D eigenvalue weighted by atomic mass is 16.6. The van der Waals surface area contributed by atoms with Crippen LogP contribution in [0.5, 0.6) is 0 Å². The maximum absolute atomic E-state index is 13.2. The zero-order valence-electron chi connectivity index (χ0n) is 19.3. The zero-order chi connectivity index (χ0) is 23.5. The number of cyclic esters (lactones) is 1. The number of carbonyl (C=O) groups is 2. The van der Waals surface area contributed by atoms with Crippen molar-refractivity contribution < 1.29 is 14.3 Å². The highest BCUT2D eigenvalue weighted by Crippen LogP contribution is 2.32. The molecule has 1 aliphatic rings. The molecule has 2 amide bonds.